The van der Waals surface area contributed by atoms with Crippen molar-refractivity contribution in [2.75, 3.05) is 19.7 Å². The molecule has 3 aromatic rings. The van der Waals surface area contributed by atoms with Gasteiger partial charge in [0, 0.05) is 24.7 Å². The molecule has 1 aliphatic rings. The second kappa shape index (κ2) is 7.29. The zero-order valence-corrected chi connectivity index (χ0v) is 15.2. The minimum atomic E-state index is -0.917. The molecule has 0 spiro atoms. The molecule has 2 aromatic heterocycles. The molecule has 4 rings (SSSR count). The van der Waals surface area contributed by atoms with Gasteiger partial charge in [-0.1, -0.05) is 12.1 Å². The molecular weight excluding hydrogens is 363 g/mol. The van der Waals surface area contributed by atoms with Crippen LogP contribution >= 0.6 is 0 Å². The summed E-state index contributed by atoms with van der Waals surface area (Å²) in [5.74, 6) is -0.599. The van der Waals surface area contributed by atoms with Crippen LogP contribution in [0.25, 0.3) is 5.65 Å². The number of benzene rings is 1. The Bertz CT molecular complexity index is 991. The van der Waals surface area contributed by atoms with E-state index in [1.165, 1.54) is 22.8 Å². The first-order valence-electron chi connectivity index (χ1n) is 9.14. The second-order valence-corrected chi connectivity index (χ2v) is 7.29. The van der Waals surface area contributed by atoms with Gasteiger partial charge in [0.2, 0.25) is 0 Å². The first-order chi connectivity index (χ1) is 13.5. The fourth-order valence-electron chi connectivity index (χ4n) is 3.85. The van der Waals surface area contributed by atoms with Crippen molar-refractivity contribution in [3.63, 3.8) is 0 Å². The maximum absolute atomic E-state index is 13.2. The van der Waals surface area contributed by atoms with E-state index in [1.54, 1.807) is 35.4 Å². The largest absolute Gasteiger partial charge is 0.396 e. The lowest BCUT2D eigenvalue weighted by Gasteiger charge is -2.45. The lowest BCUT2D eigenvalue weighted by molar-refractivity contribution is -0.0670. The van der Waals surface area contributed by atoms with Crippen LogP contribution < -0.4 is 0 Å². The van der Waals surface area contributed by atoms with Crippen molar-refractivity contribution in [1.82, 2.24) is 19.5 Å². The number of nitrogens with zero attached hydrogens (tertiary/aromatic N) is 4. The van der Waals surface area contributed by atoms with Gasteiger partial charge in [-0.3, -0.25) is 4.79 Å². The Morgan fingerprint density at radius 3 is 2.82 bits per heavy atom. The molecule has 8 heteroatoms. The number of carbonyl (C=O) groups excluding carboxylic acids is 1. The van der Waals surface area contributed by atoms with E-state index in [0.29, 0.717) is 30.7 Å². The Morgan fingerprint density at radius 1 is 1.29 bits per heavy atom. The molecule has 0 aliphatic carbocycles. The van der Waals surface area contributed by atoms with E-state index in [9.17, 15) is 19.4 Å². The van der Waals surface area contributed by atoms with Crippen LogP contribution in [0, 0.1) is 11.2 Å². The molecule has 1 fully saturated rings. The Hall–Kier alpha value is -2.84. The number of rotatable bonds is 4. The molecule has 0 saturated carbocycles. The van der Waals surface area contributed by atoms with Crippen molar-refractivity contribution in [2.24, 2.45) is 5.41 Å². The third-order valence-electron chi connectivity index (χ3n) is 5.45. The number of piperidine rings is 1. The van der Waals surface area contributed by atoms with E-state index >= 15 is 0 Å². The summed E-state index contributed by atoms with van der Waals surface area (Å²) in [5, 5.41) is 24.9. The number of aromatic nitrogens is 3. The van der Waals surface area contributed by atoms with Crippen molar-refractivity contribution in [2.45, 2.75) is 18.9 Å². The van der Waals surface area contributed by atoms with Gasteiger partial charge in [-0.15, -0.1) is 0 Å². The summed E-state index contributed by atoms with van der Waals surface area (Å²) in [4.78, 5) is 18.9. The third-order valence-corrected chi connectivity index (χ3v) is 5.45. The van der Waals surface area contributed by atoms with Crippen LogP contribution in [-0.2, 0) is 6.42 Å². The molecule has 0 radical (unpaired) electrons. The summed E-state index contributed by atoms with van der Waals surface area (Å²) in [7, 11) is 0. The summed E-state index contributed by atoms with van der Waals surface area (Å²) in [6, 6.07) is 9.47. The predicted molar refractivity (Wildman–Crippen MR) is 99.1 cm³/mol. The van der Waals surface area contributed by atoms with Crippen LogP contribution in [0.4, 0.5) is 4.39 Å². The Kier molecular flexibility index (Phi) is 4.82. The van der Waals surface area contributed by atoms with E-state index in [4.69, 9.17) is 0 Å². The second-order valence-electron chi connectivity index (χ2n) is 7.29. The molecule has 1 aromatic carbocycles. The van der Waals surface area contributed by atoms with Gasteiger partial charge in [0.1, 0.15) is 5.82 Å². The fraction of sp³-hybridized carbons (Fsp3) is 0.350. The maximum atomic E-state index is 13.2. The summed E-state index contributed by atoms with van der Waals surface area (Å²) in [6.07, 6.45) is 2.97. The molecule has 2 N–H and O–H groups in total. The number of amides is 1. The standard InChI is InChI=1S/C20H21FN4O3/c21-15-5-3-14(4-6-15)10-20(13-26)12-24(9-7-17(20)27)19(28)16-11-22-18-2-1-8-23-25(16)18/h1-6,8,11,17,26-27H,7,9-10,12-13H2/t17-,20-/m0/s1. The lowest BCUT2D eigenvalue weighted by Crippen LogP contribution is -2.56. The van der Waals surface area contributed by atoms with Crippen LogP contribution in [0.3, 0.4) is 0 Å². The Balaban J connectivity index is 1.61. The van der Waals surface area contributed by atoms with Gasteiger partial charge in [-0.2, -0.15) is 5.10 Å². The van der Waals surface area contributed by atoms with E-state index in [2.05, 4.69) is 10.1 Å². The molecule has 0 unspecified atom stereocenters. The summed E-state index contributed by atoms with van der Waals surface area (Å²) < 4.78 is 14.7. The number of hydrogen-bond donors (Lipinski definition) is 2. The number of carbonyl (C=O) groups is 1. The minimum absolute atomic E-state index is 0.181. The third kappa shape index (κ3) is 3.25. The van der Waals surface area contributed by atoms with Crippen LogP contribution in [0.5, 0.6) is 0 Å². The molecule has 1 saturated heterocycles. The number of aliphatic hydroxyl groups is 2. The van der Waals surface area contributed by atoms with Gasteiger partial charge in [0.25, 0.3) is 5.91 Å². The number of aliphatic hydroxyl groups excluding tert-OH is 2. The highest BCUT2D eigenvalue weighted by Gasteiger charge is 2.44. The van der Waals surface area contributed by atoms with E-state index < -0.39 is 11.5 Å². The van der Waals surface area contributed by atoms with Crippen LogP contribution in [0.1, 0.15) is 22.5 Å². The molecule has 28 heavy (non-hydrogen) atoms. The highest BCUT2D eigenvalue weighted by Crippen LogP contribution is 2.34. The van der Waals surface area contributed by atoms with Crippen LogP contribution in [-0.4, -0.2) is 61.4 Å². The number of imidazole rings is 1. The lowest BCUT2D eigenvalue weighted by atomic mass is 9.73. The zero-order chi connectivity index (χ0) is 19.7. The first kappa shape index (κ1) is 18.5. The first-order valence-corrected chi connectivity index (χ1v) is 9.14. The van der Waals surface area contributed by atoms with Crippen molar-refractivity contribution in [3.8, 4) is 0 Å². The Morgan fingerprint density at radius 2 is 2.07 bits per heavy atom. The molecule has 2 atom stereocenters. The topological polar surface area (TPSA) is 91.0 Å². The van der Waals surface area contributed by atoms with Gasteiger partial charge in [-0.05, 0) is 42.7 Å². The zero-order valence-electron chi connectivity index (χ0n) is 15.2. The highest BCUT2D eigenvalue weighted by molar-refractivity contribution is 5.93. The fourth-order valence-corrected chi connectivity index (χ4v) is 3.85. The smallest absolute Gasteiger partial charge is 0.274 e. The maximum Gasteiger partial charge on any atom is 0.274 e. The summed E-state index contributed by atoms with van der Waals surface area (Å²) in [6.45, 7) is 0.257. The average Bonchev–Trinajstić information content (AvgIpc) is 3.15. The monoisotopic (exact) mass is 384 g/mol. The molecule has 7 nitrogen and oxygen atoms in total. The SMILES string of the molecule is O=C(c1cnc2cccnn12)N1CC[C@H](O)[C@@](CO)(Cc2ccc(F)cc2)C1. The predicted octanol–water partition coefficient (Wildman–Crippen LogP) is 1.30. The van der Waals surface area contributed by atoms with Crippen molar-refractivity contribution in [1.29, 1.82) is 0 Å². The van der Waals surface area contributed by atoms with Crippen LogP contribution in [0.15, 0.2) is 48.8 Å². The number of hydrogen-bond acceptors (Lipinski definition) is 5. The molecule has 0 bridgehead atoms. The molecular formula is C20H21FN4O3. The van der Waals surface area contributed by atoms with Gasteiger partial charge >= 0.3 is 0 Å². The van der Waals surface area contributed by atoms with Gasteiger partial charge in [0.15, 0.2) is 11.3 Å². The van der Waals surface area contributed by atoms with Crippen molar-refractivity contribution >= 4 is 11.6 Å². The number of halogens is 1. The van der Waals surface area contributed by atoms with Gasteiger partial charge < -0.3 is 15.1 Å². The minimum Gasteiger partial charge on any atom is -0.396 e. The number of fused-ring (bicyclic) bond motifs is 1. The van der Waals surface area contributed by atoms with Crippen molar-refractivity contribution in [3.05, 3.63) is 65.9 Å². The average molecular weight is 384 g/mol. The van der Waals surface area contributed by atoms with Crippen molar-refractivity contribution < 1.29 is 19.4 Å². The molecule has 1 amide bonds. The summed E-state index contributed by atoms with van der Waals surface area (Å²) in [5.41, 5.74) is 0.781. The Labute approximate surface area is 161 Å². The normalized spacial score (nSPS) is 22.5. The van der Waals surface area contributed by atoms with E-state index in [-0.39, 0.29) is 24.9 Å². The quantitative estimate of drug-likeness (QED) is 0.708. The summed E-state index contributed by atoms with van der Waals surface area (Å²) >= 11 is 0. The molecule has 146 valence electrons. The number of likely N-dealkylation sites (tertiary alicyclic amines) is 1. The van der Waals surface area contributed by atoms with E-state index in [1.807, 2.05) is 0 Å². The van der Waals surface area contributed by atoms with Gasteiger partial charge in [-0.25, -0.2) is 13.9 Å². The van der Waals surface area contributed by atoms with Gasteiger partial charge in [0.05, 0.1) is 18.9 Å². The van der Waals surface area contributed by atoms with Crippen LogP contribution in [0.2, 0.25) is 0 Å². The van der Waals surface area contributed by atoms with E-state index in [0.717, 1.165) is 5.56 Å². The molecule has 3 heterocycles. The highest BCUT2D eigenvalue weighted by atomic mass is 19.1. The molecule has 1 aliphatic heterocycles.